The average Bonchev–Trinajstić information content (AvgIpc) is 3.31. The molecule has 0 aliphatic carbocycles. The minimum atomic E-state index is -0.773. The molecule has 2 heterocycles. The lowest BCUT2D eigenvalue weighted by Gasteiger charge is -2.15. The quantitative estimate of drug-likeness (QED) is 0.0570. The Kier molecular flexibility index (Phi) is 7.78. The molecule has 1 aliphatic rings. The SMILES string of the molecule is CCc1cc(Br)cc2c(C(=O)OCC(=O)c3cccc([N+](=O)[O-])c3)cc(-c3ccc(N4C(=O)c5ccccc5C4=O)cc3)nc12. The van der Waals surface area contributed by atoms with Crippen molar-refractivity contribution in [1.82, 2.24) is 4.98 Å². The van der Waals surface area contributed by atoms with Gasteiger partial charge in [0.05, 0.1) is 38.5 Å². The predicted octanol–water partition coefficient (Wildman–Crippen LogP) is 6.98. The Hall–Kier alpha value is -5.55. The molecule has 0 atom stereocenters. The average molecular weight is 664 g/mol. The summed E-state index contributed by atoms with van der Waals surface area (Å²) in [5.74, 6) is -2.18. The Balaban J connectivity index is 1.33. The molecule has 5 aromatic rings. The van der Waals surface area contributed by atoms with Gasteiger partial charge >= 0.3 is 5.97 Å². The summed E-state index contributed by atoms with van der Waals surface area (Å²) in [5.41, 5.74) is 3.53. The maximum Gasteiger partial charge on any atom is 0.339 e. The van der Waals surface area contributed by atoms with E-state index in [0.717, 1.165) is 21.0 Å². The number of Topliss-reactive ketones (excluding diaryl/α,β-unsaturated/α-hetero) is 1. The Morgan fingerprint density at radius 2 is 1.60 bits per heavy atom. The number of pyridine rings is 1. The van der Waals surface area contributed by atoms with Gasteiger partial charge in [0.25, 0.3) is 17.5 Å². The third-order valence-electron chi connectivity index (χ3n) is 7.49. The van der Waals surface area contributed by atoms with Crippen LogP contribution in [-0.2, 0) is 11.2 Å². The van der Waals surface area contributed by atoms with Crippen molar-refractivity contribution >= 4 is 61.8 Å². The lowest BCUT2D eigenvalue weighted by molar-refractivity contribution is -0.384. The van der Waals surface area contributed by atoms with Gasteiger partial charge in [-0.1, -0.05) is 59.3 Å². The molecule has 10 nitrogen and oxygen atoms in total. The summed E-state index contributed by atoms with van der Waals surface area (Å²) in [7, 11) is 0. The highest BCUT2D eigenvalue weighted by Gasteiger charge is 2.36. The number of nitro benzene ring substituents is 1. The van der Waals surface area contributed by atoms with Crippen LogP contribution in [0.15, 0.2) is 95.5 Å². The molecule has 0 spiro atoms. The first-order chi connectivity index (χ1) is 21.7. The number of carbonyl (C=O) groups excluding carboxylic acids is 4. The van der Waals surface area contributed by atoms with Gasteiger partial charge in [-0.15, -0.1) is 0 Å². The maximum atomic E-state index is 13.5. The van der Waals surface area contributed by atoms with Crippen LogP contribution in [0.5, 0.6) is 0 Å². The maximum absolute atomic E-state index is 13.5. The van der Waals surface area contributed by atoms with Gasteiger partial charge in [0.15, 0.2) is 6.61 Å². The number of non-ortho nitro benzene ring substituents is 1. The molecule has 11 heteroatoms. The van der Waals surface area contributed by atoms with Crippen molar-refractivity contribution in [3.63, 3.8) is 0 Å². The number of rotatable bonds is 8. The first-order valence-electron chi connectivity index (χ1n) is 13.8. The third-order valence-corrected chi connectivity index (χ3v) is 7.94. The second-order valence-electron chi connectivity index (χ2n) is 10.2. The zero-order valence-electron chi connectivity index (χ0n) is 23.7. The fourth-order valence-electron chi connectivity index (χ4n) is 5.24. The highest BCUT2D eigenvalue weighted by atomic mass is 79.9. The molecule has 0 N–H and O–H groups in total. The van der Waals surface area contributed by atoms with Gasteiger partial charge in [0, 0.05) is 33.1 Å². The smallest absolute Gasteiger partial charge is 0.339 e. The lowest BCUT2D eigenvalue weighted by atomic mass is 10.0. The number of halogens is 1. The van der Waals surface area contributed by atoms with E-state index in [1.807, 2.05) is 13.0 Å². The number of carbonyl (C=O) groups is 4. The van der Waals surface area contributed by atoms with Crippen molar-refractivity contribution in [2.24, 2.45) is 0 Å². The molecule has 0 unspecified atom stereocenters. The number of ketones is 1. The number of ether oxygens (including phenoxy) is 1. The molecule has 4 aromatic carbocycles. The molecule has 45 heavy (non-hydrogen) atoms. The van der Waals surface area contributed by atoms with Crippen LogP contribution >= 0.6 is 15.9 Å². The fourth-order valence-corrected chi connectivity index (χ4v) is 5.74. The molecule has 1 aliphatic heterocycles. The van der Waals surface area contributed by atoms with Crippen molar-refractivity contribution in [1.29, 1.82) is 0 Å². The zero-order valence-corrected chi connectivity index (χ0v) is 25.2. The number of nitro groups is 1. The number of amides is 2. The van der Waals surface area contributed by atoms with Gasteiger partial charge in [0.2, 0.25) is 5.78 Å². The number of aryl methyl sites for hydroxylation is 1. The highest BCUT2D eigenvalue weighted by molar-refractivity contribution is 9.10. The molecular weight excluding hydrogens is 642 g/mol. The molecule has 0 saturated carbocycles. The second kappa shape index (κ2) is 11.9. The van der Waals surface area contributed by atoms with Crippen LogP contribution in [-0.4, -0.2) is 40.1 Å². The van der Waals surface area contributed by atoms with Crippen molar-refractivity contribution in [2.75, 3.05) is 11.5 Å². The topological polar surface area (TPSA) is 137 Å². The Labute approximate surface area is 264 Å². The highest BCUT2D eigenvalue weighted by Crippen LogP contribution is 2.33. The number of hydrogen-bond donors (Lipinski definition) is 0. The van der Waals surface area contributed by atoms with E-state index in [1.54, 1.807) is 60.7 Å². The van der Waals surface area contributed by atoms with Gasteiger partial charge in [-0.05, 0) is 54.4 Å². The van der Waals surface area contributed by atoms with Crippen LogP contribution in [0.4, 0.5) is 11.4 Å². The van der Waals surface area contributed by atoms with Crippen molar-refractivity contribution < 1.29 is 28.8 Å². The number of hydrogen-bond acceptors (Lipinski definition) is 8. The number of benzene rings is 4. The molecule has 2 amide bonds. The van der Waals surface area contributed by atoms with Crippen molar-refractivity contribution in [3.05, 3.63) is 133 Å². The zero-order chi connectivity index (χ0) is 31.8. The first kappa shape index (κ1) is 29.5. The summed E-state index contributed by atoms with van der Waals surface area (Å²) < 4.78 is 6.14. The predicted molar refractivity (Wildman–Crippen MR) is 170 cm³/mol. The minimum absolute atomic E-state index is 0.0476. The molecule has 0 saturated heterocycles. The van der Waals surface area contributed by atoms with Crippen LogP contribution in [0, 0.1) is 10.1 Å². The van der Waals surface area contributed by atoms with Crippen molar-refractivity contribution in [3.8, 4) is 11.3 Å². The fraction of sp³-hybridized carbons (Fsp3) is 0.0882. The van der Waals surface area contributed by atoms with E-state index in [9.17, 15) is 29.3 Å². The monoisotopic (exact) mass is 663 g/mol. The Morgan fingerprint density at radius 3 is 2.24 bits per heavy atom. The van der Waals surface area contributed by atoms with Gasteiger partial charge in [-0.3, -0.25) is 24.5 Å². The number of anilines is 1. The van der Waals surface area contributed by atoms with Crippen LogP contribution in [0.2, 0.25) is 0 Å². The molecule has 0 bridgehead atoms. The molecule has 1 aromatic heterocycles. The Bertz CT molecular complexity index is 2040. The molecule has 0 fully saturated rings. The van der Waals surface area contributed by atoms with Gasteiger partial charge < -0.3 is 4.74 Å². The van der Waals surface area contributed by atoms with Crippen molar-refractivity contribution in [2.45, 2.75) is 13.3 Å². The van der Waals surface area contributed by atoms with Crippen LogP contribution in [0.1, 0.15) is 53.9 Å². The number of esters is 1. The minimum Gasteiger partial charge on any atom is -0.454 e. The first-order valence-corrected chi connectivity index (χ1v) is 14.6. The molecule has 222 valence electrons. The summed E-state index contributed by atoms with van der Waals surface area (Å²) in [6.07, 6.45) is 0.616. The third kappa shape index (κ3) is 5.49. The lowest BCUT2D eigenvalue weighted by Crippen LogP contribution is -2.29. The van der Waals surface area contributed by atoms with E-state index in [-0.39, 0.29) is 16.8 Å². The van der Waals surface area contributed by atoms with E-state index < -0.39 is 35.1 Å². The van der Waals surface area contributed by atoms with Crippen LogP contribution < -0.4 is 4.90 Å². The number of imide groups is 1. The van der Waals surface area contributed by atoms with E-state index in [2.05, 4.69) is 15.9 Å². The molecule has 6 rings (SSSR count). The van der Waals surface area contributed by atoms with Crippen LogP contribution in [0.25, 0.3) is 22.2 Å². The summed E-state index contributed by atoms with van der Waals surface area (Å²) in [6.45, 7) is 1.34. The largest absolute Gasteiger partial charge is 0.454 e. The van der Waals surface area contributed by atoms with E-state index in [0.29, 0.717) is 45.4 Å². The summed E-state index contributed by atoms with van der Waals surface area (Å²) in [4.78, 5) is 68.6. The summed E-state index contributed by atoms with van der Waals surface area (Å²) in [6, 6.07) is 23.8. The van der Waals surface area contributed by atoms with Crippen LogP contribution in [0.3, 0.4) is 0 Å². The van der Waals surface area contributed by atoms with Gasteiger partial charge in [-0.25, -0.2) is 14.7 Å². The van der Waals surface area contributed by atoms with Gasteiger partial charge in [0.1, 0.15) is 0 Å². The number of aromatic nitrogens is 1. The normalized spacial score (nSPS) is 12.4. The number of fused-ring (bicyclic) bond motifs is 2. The standard InChI is InChI=1S/C34H22BrN3O7/c1-2-19-14-22(35)16-27-28(34(42)45-18-30(39)21-6-5-7-24(15-21)38(43)44)17-29(36-31(19)27)20-10-12-23(13-11-20)37-32(40)25-8-3-4-9-26(25)33(37)41/h3-17H,2,18H2,1H3. The van der Waals surface area contributed by atoms with E-state index in [4.69, 9.17) is 9.72 Å². The van der Waals surface area contributed by atoms with E-state index >= 15 is 0 Å². The molecule has 0 radical (unpaired) electrons. The molecular formula is C34H22BrN3O7. The number of nitrogens with zero attached hydrogens (tertiary/aromatic N) is 3. The van der Waals surface area contributed by atoms with E-state index in [1.165, 1.54) is 18.2 Å². The summed E-state index contributed by atoms with van der Waals surface area (Å²) >= 11 is 3.49. The van der Waals surface area contributed by atoms with Gasteiger partial charge in [-0.2, -0.15) is 0 Å². The second-order valence-corrected chi connectivity index (χ2v) is 11.1. The summed E-state index contributed by atoms with van der Waals surface area (Å²) in [5, 5.41) is 11.6. The Morgan fingerprint density at radius 1 is 0.911 bits per heavy atom.